The molecular weight excluding hydrogens is 372 g/mol. The minimum Gasteiger partial charge on any atom is -0.375 e. The van der Waals surface area contributed by atoms with Crippen molar-refractivity contribution in [2.45, 2.75) is 39.0 Å². The van der Waals surface area contributed by atoms with Crippen LogP contribution in [0.5, 0.6) is 0 Å². The Labute approximate surface area is 168 Å². The van der Waals surface area contributed by atoms with E-state index in [1.807, 2.05) is 13.8 Å². The lowest BCUT2D eigenvalue weighted by molar-refractivity contribution is -0.0530. The Morgan fingerprint density at radius 2 is 1.90 bits per heavy atom. The van der Waals surface area contributed by atoms with Crippen LogP contribution in [0.15, 0.2) is 12.4 Å². The number of aromatic nitrogens is 6. The van der Waals surface area contributed by atoms with Crippen LogP contribution >= 0.6 is 0 Å². The second kappa shape index (κ2) is 6.60. The zero-order valence-corrected chi connectivity index (χ0v) is 16.8. The zero-order chi connectivity index (χ0) is 20.2. The fraction of sp³-hybridized carbons (Fsp3) is 0.526. The lowest BCUT2D eigenvalue weighted by Crippen LogP contribution is -2.41. The first-order valence-electron chi connectivity index (χ1n) is 9.79. The molecular formula is C19H24N8O2. The fourth-order valence-electron chi connectivity index (χ4n) is 3.93. The van der Waals surface area contributed by atoms with Crippen molar-refractivity contribution in [3.05, 3.63) is 18.2 Å². The summed E-state index contributed by atoms with van der Waals surface area (Å²) in [6.07, 6.45) is 3.42. The van der Waals surface area contributed by atoms with Gasteiger partial charge in [0.15, 0.2) is 22.8 Å². The van der Waals surface area contributed by atoms with Crippen molar-refractivity contribution in [2.75, 3.05) is 36.9 Å². The van der Waals surface area contributed by atoms with E-state index >= 15 is 0 Å². The first-order chi connectivity index (χ1) is 13.9. The molecule has 1 atom stereocenters. The standard InChI is InChI=1S/C19H24N8O2/c1-11-10-26(4-6-28-11)15-13-16(27-5-7-29-19(2,3)17(27)23-13)25-14(24-15)12-8-21-18(20)22-9-12/h8-9,11H,4-7,10H2,1-3H3,(H2,20,21,22)/t11-/m0/s1. The summed E-state index contributed by atoms with van der Waals surface area (Å²) in [6, 6.07) is 0. The second-order valence-electron chi connectivity index (χ2n) is 7.95. The highest BCUT2D eigenvalue weighted by Gasteiger charge is 2.34. The Morgan fingerprint density at radius 1 is 1.10 bits per heavy atom. The molecule has 10 heteroatoms. The Bertz CT molecular complexity index is 1060. The second-order valence-corrected chi connectivity index (χ2v) is 7.95. The summed E-state index contributed by atoms with van der Waals surface area (Å²) < 4.78 is 13.8. The highest BCUT2D eigenvalue weighted by Crippen LogP contribution is 2.35. The van der Waals surface area contributed by atoms with Crippen LogP contribution in [0.4, 0.5) is 11.8 Å². The van der Waals surface area contributed by atoms with E-state index in [4.69, 9.17) is 30.2 Å². The van der Waals surface area contributed by atoms with Gasteiger partial charge >= 0.3 is 0 Å². The number of imidazole rings is 1. The molecule has 152 valence electrons. The molecule has 1 saturated heterocycles. The van der Waals surface area contributed by atoms with Crippen LogP contribution in [0.1, 0.15) is 26.6 Å². The van der Waals surface area contributed by atoms with E-state index in [1.54, 1.807) is 12.4 Å². The number of anilines is 2. The van der Waals surface area contributed by atoms with E-state index in [9.17, 15) is 0 Å². The van der Waals surface area contributed by atoms with E-state index in [0.717, 1.165) is 35.9 Å². The molecule has 2 aliphatic rings. The van der Waals surface area contributed by atoms with Crippen molar-refractivity contribution in [1.82, 2.24) is 29.5 Å². The highest BCUT2D eigenvalue weighted by molar-refractivity contribution is 5.86. The Balaban J connectivity index is 1.74. The Kier molecular flexibility index (Phi) is 4.14. The summed E-state index contributed by atoms with van der Waals surface area (Å²) in [7, 11) is 0. The van der Waals surface area contributed by atoms with E-state index in [-0.39, 0.29) is 12.1 Å². The van der Waals surface area contributed by atoms with Gasteiger partial charge in [-0.25, -0.2) is 24.9 Å². The van der Waals surface area contributed by atoms with Gasteiger partial charge < -0.3 is 24.7 Å². The molecule has 3 aromatic rings. The van der Waals surface area contributed by atoms with Crippen LogP contribution in [-0.2, 0) is 21.6 Å². The predicted molar refractivity (Wildman–Crippen MR) is 107 cm³/mol. The van der Waals surface area contributed by atoms with Crippen LogP contribution in [0, 0.1) is 0 Å². The number of nitrogen functional groups attached to an aromatic ring is 1. The van der Waals surface area contributed by atoms with Crippen molar-refractivity contribution >= 4 is 22.9 Å². The number of nitrogens with zero attached hydrogens (tertiary/aromatic N) is 7. The topological polar surface area (TPSA) is 117 Å². The van der Waals surface area contributed by atoms with E-state index in [2.05, 4.69) is 26.4 Å². The third kappa shape index (κ3) is 3.08. The zero-order valence-electron chi connectivity index (χ0n) is 16.8. The summed E-state index contributed by atoms with van der Waals surface area (Å²) in [5, 5.41) is 0. The molecule has 3 aromatic heterocycles. The number of hydrogen-bond acceptors (Lipinski definition) is 9. The molecule has 5 rings (SSSR count). The SMILES string of the molecule is C[C@H]1CN(c2nc(-c3cnc(N)nc3)nc3c2nc2n3CCOC2(C)C)CCO1. The number of hydrogen-bond donors (Lipinski definition) is 1. The number of rotatable bonds is 2. The maximum atomic E-state index is 5.95. The first-order valence-corrected chi connectivity index (χ1v) is 9.79. The third-order valence-corrected chi connectivity index (χ3v) is 5.36. The van der Waals surface area contributed by atoms with Crippen LogP contribution in [0.25, 0.3) is 22.6 Å². The van der Waals surface area contributed by atoms with Crippen molar-refractivity contribution in [3.63, 3.8) is 0 Å². The van der Waals surface area contributed by atoms with Crippen molar-refractivity contribution in [1.29, 1.82) is 0 Å². The monoisotopic (exact) mass is 396 g/mol. The Hall–Kier alpha value is -2.85. The summed E-state index contributed by atoms with van der Waals surface area (Å²) in [5.41, 5.74) is 7.46. The highest BCUT2D eigenvalue weighted by atomic mass is 16.5. The van der Waals surface area contributed by atoms with E-state index < -0.39 is 5.60 Å². The van der Waals surface area contributed by atoms with Crippen molar-refractivity contribution in [3.8, 4) is 11.4 Å². The quantitative estimate of drug-likeness (QED) is 0.685. The molecule has 0 aromatic carbocycles. The van der Waals surface area contributed by atoms with Gasteiger partial charge in [-0.1, -0.05) is 0 Å². The van der Waals surface area contributed by atoms with Crippen molar-refractivity contribution in [2.24, 2.45) is 0 Å². The minimum atomic E-state index is -0.487. The fourth-order valence-corrected chi connectivity index (χ4v) is 3.93. The van der Waals surface area contributed by atoms with Crippen LogP contribution in [-0.4, -0.2) is 61.9 Å². The van der Waals surface area contributed by atoms with Crippen LogP contribution < -0.4 is 10.6 Å². The molecule has 0 unspecified atom stereocenters. The first kappa shape index (κ1) is 18.2. The van der Waals surface area contributed by atoms with Crippen LogP contribution in [0.3, 0.4) is 0 Å². The summed E-state index contributed by atoms with van der Waals surface area (Å²) in [5.74, 6) is 2.44. The molecule has 0 spiro atoms. The van der Waals surface area contributed by atoms with Crippen LogP contribution in [0.2, 0.25) is 0 Å². The smallest absolute Gasteiger partial charge is 0.219 e. The van der Waals surface area contributed by atoms with Gasteiger partial charge in [0.1, 0.15) is 11.4 Å². The molecule has 5 heterocycles. The number of ether oxygens (including phenoxy) is 2. The normalized spacial score (nSPS) is 21.3. The molecule has 0 saturated carbocycles. The lowest BCUT2D eigenvalue weighted by atomic mass is 10.1. The molecule has 0 bridgehead atoms. The van der Waals surface area contributed by atoms with Gasteiger partial charge in [-0.2, -0.15) is 0 Å². The summed E-state index contributed by atoms with van der Waals surface area (Å²) in [4.78, 5) is 25.1. The molecule has 0 aliphatic carbocycles. The average Bonchev–Trinajstić information content (AvgIpc) is 3.08. The van der Waals surface area contributed by atoms with Gasteiger partial charge in [0.05, 0.1) is 24.9 Å². The van der Waals surface area contributed by atoms with Gasteiger partial charge in [0, 0.05) is 32.0 Å². The number of nitrogens with two attached hydrogens (primary N) is 1. The predicted octanol–water partition coefficient (Wildman–Crippen LogP) is 1.36. The molecule has 10 nitrogen and oxygen atoms in total. The van der Waals surface area contributed by atoms with Gasteiger partial charge in [-0.05, 0) is 20.8 Å². The average molecular weight is 396 g/mol. The molecule has 0 radical (unpaired) electrons. The van der Waals surface area contributed by atoms with Gasteiger partial charge in [-0.3, -0.25) is 0 Å². The third-order valence-electron chi connectivity index (χ3n) is 5.36. The van der Waals surface area contributed by atoms with Crippen molar-refractivity contribution < 1.29 is 9.47 Å². The maximum Gasteiger partial charge on any atom is 0.219 e. The molecule has 2 aliphatic heterocycles. The van der Waals surface area contributed by atoms with Gasteiger partial charge in [0.2, 0.25) is 5.95 Å². The largest absolute Gasteiger partial charge is 0.375 e. The Morgan fingerprint density at radius 3 is 2.66 bits per heavy atom. The van der Waals surface area contributed by atoms with E-state index in [1.165, 1.54) is 0 Å². The molecule has 29 heavy (non-hydrogen) atoms. The van der Waals surface area contributed by atoms with E-state index in [0.29, 0.717) is 31.1 Å². The molecule has 2 N–H and O–H groups in total. The summed E-state index contributed by atoms with van der Waals surface area (Å²) in [6.45, 7) is 9.57. The lowest BCUT2D eigenvalue weighted by Gasteiger charge is -2.32. The number of fused-ring (bicyclic) bond motifs is 3. The van der Waals surface area contributed by atoms with Gasteiger partial charge in [-0.15, -0.1) is 0 Å². The molecule has 0 amide bonds. The summed E-state index contributed by atoms with van der Waals surface area (Å²) >= 11 is 0. The molecule has 1 fully saturated rings. The van der Waals surface area contributed by atoms with Gasteiger partial charge in [0.25, 0.3) is 0 Å². The maximum absolute atomic E-state index is 5.95. The minimum absolute atomic E-state index is 0.120. The number of morpholine rings is 1.